The number of benzene rings is 1. The number of rotatable bonds is 3. The van der Waals surface area contributed by atoms with E-state index in [1.54, 1.807) is 6.07 Å². The van der Waals surface area contributed by atoms with E-state index in [1.807, 2.05) is 19.1 Å². The molecule has 1 amide bonds. The molecule has 0 radical (unpaired) electrons. The predicted molar refractivity (Wildman–Crippen MR) is 79.4 cm³/mol. The molecule has 20 heavy (non-hydrogen) atoms. The van der Waals surface area contributed by atoms with E-state index in [-0.39, 0.29) is 12.5 Å². The SMILES string of the molecule is Cc1ccc(C(=O)NCC2CC2(C)C)c(C#CCO)c1. The molecule has 3 heteroatoms. The van der Waals surface area contributed by atoms with Crippen LogP contribution in [0.1, 0.15) is 41.8 Å². The maximum Gasteiger partial charge on any atom is 0.252 e. The van der Waals surface area contributed by atoms with E-state index < -0.39 is 0 Å². The molecular formula is C17H21NO2. The Kier molecular flexibility index (Phi) is 4.15. The molecule has 3 nitrogen and oxygen atoms in total. The largest absolute Gasteiger partial charge is 0.384 e. The Morgan fingerprint density at radius 2 is 2.20 bits per heavy atom. The van der Waals surface area contributed by atoms with E-state index in [4.69, 9.17) is 5.11 Å². The third-order valence-electron chi connectivity index (χ3n) is 3.95. The Bertz CT molecular complexity index is 578. The summed E-state index contributed by atoms with van der Waals surface area (Å²) in [5.41, 5.74) is 2.66. The van der Waals surface area contributed by atoms with Gasteiger partial charge in [0.15, 0.2) is 0 Å². The van der Waals surface area contributed by atoms with Crippen LogP contribution in [-0.4, -0.2) is 24.2 Å². The third kappa shape index (κ3) is 3.40. The second kappa shape index (κ2) is 5.68. The minimum absolute atomic E-state index is 0.0880. The highest BCUT2D eigenvalue weighted by Crippen LogP contribution is 2.50. The topological polar surface area (TPSA) is 49.3 Å². The minimum Gasteiger partial charge on any atom is -0.384 e. The van der Waals surface area contributed by atoms with Gasteiger partial charge in [0.25, 0.3) is 5.91 Å². The van der Waals surface area contributed by atoms with E-state index in [0.717, 1.165) is 5.56 Å². The zero-order chi connectivity index (χ0) is 14.8. The molecule has 2 N–H and O–H groups in total. The molecule has 1 aliphatic carbocycles. The first-order valence-corrected chi connectivity index (χ1v) is 6.92. The zero-order valence-corrected chi connectivity index (χ0v) is 12.3. The number of hydrogen-bond acceptors (Lipinski definition) is 2. The van der Waals surface area contributed by atoms with Crippen LogP contribution >= 0.6 is 0 Å². The summed E-state index contributed by atoms with van der Waals surface area (Å²) in [5.74, 6) is 5.93. The second-order valence-corrected chi connectivity index (χ2v) is 6.11. The lowest BCUT2D eigenvalue weighted by atomic mass is 10.0. The number of aliphatic hydroxyl groups excluding tert-OH is 1. The number of carbonyl (C=O) groups excluding carboxylic acids is 1. The fraction of sp³-hybridized carbons (Fsp3) is 0.471. The van der Waals surface area contributed by atoms with Gasteiger partial charge in [-0.25, -0.2) is 0 Å². The number of hydrogen-bond donors (Lipinski definition) is 2. The highest BCUT2D eigenvalue weighted by molar-refractivity contribution is 5.96. The van der Waals surface area contributed by atoms with E-state index in [9.17, 15) is 4.79 Å². The van der Waals surface area contributed by atoms with Crippen LogP contribution in [0.4, 0.5) is 0 Å². The first-order valence-electron chi connectivity index (χ1n) is 6.92. The molecule has 1 atom stereocenters. The molecule has 2 rings (SSSR count). The average molecular weight is 271 g/mol. The molecule has 1 fully saturated rings. The van der Waals surface area contributed by atoms with Gasteiger partial charge in [0, 0.05) is 12.1 Å². The fourth-order valence-electron chi connectivity index (χ4n) is 2.33. The summed E-state index contributed by atoms with van der Waals surface area (Å²) >= 11 is 0. The van der Waals surface area contributed by atoms with Crippen LogP contribution < -0.4 is 5.32 Å². The lowest BCUT2D eigenvalue weighted by molar-refractivity contribution is 0.0950. The van der Waals surface area contributed by atoms with Crippen molar-refractivity contribution in [2.45, 2.75) is 27.2 Å². The number of nitrogens with one attached hydrogen (secondary N) is 1. The summed E-state index contributed by atoms with van der Waals surface area (Å²) in [6.45, 7) is 6.90. The van der Waals surface area contributed by atoms with Gasteiger partial charge in [-0.2, -0.15) is 0 Å². The summed E-state index contributed by atoms with van der Waals surface area (Å²) < 4.78 is 0. The molecule has 1 unspecified atom stereocenters. The van der Waals surface area contributed by atoms with Gasteiger partial charge in [-0.1, -0.05) is 31.8 Å². The molecule has 0 saturated heterocycles. The van der Waals surface area contributed by atoms with Gasteiger partial charge in [0.1, 0.15) is 6.61 Å². The standard InChI is InChI=1S/C17H21NO2/c1-12-6-7-15(13(9-12)5-4-8-19)16(20)18-11-14-10-17(14,2)3/h6-7,9,14,19H,8,10-11H2,1-3H3,(H,18,20). The maximum absolute atomic E-state index is 12.2. The summed E-state index contributed by atoms with van der Waals surface area (Å²) in [6.07, 6.45) is 1.17. The van der Waals surface area contributed by atoms with Crippen molar-refractivity contribution in [3.63, 3.8) is 0 Å². The molecule has 0 aliphatic heterocycles. The monoisotopic (exact) mass is 271 g/mol. The van der Waals surface area contributed by atoms with Crippen LogP contribution in [0.3, 0.4) is 0 Å². The molecule has 0 spiro atoms. The fourth-order valence-corrected chi connectivity index (χ4v) is 2.33. The van der Waals surface area contributed by atoms with E-state index in [0.29, 0.717) is 29.0 Å². The molecule has 0 aromatic heterocycles. The van der Waals surface area contributed by atoms with Crippen LogP contribution in [0.2, 0.25) is 0 Å². The summed E-state index contributed by atoms with van der Waals surface area (Å²) in [6, 6.07) is 5.57. The van der Waals surface area contributed by atoms with Gasteiger partial charge in [-0.05, 0) is 42.4 Å². The Labute approximate surface area is 120 Å². The third-order valence-corrected chi connectivity index (χ3v) is 3.95. The predicted octanol–water partition coefficient (Wildman–Crippen LogP) is 2.11. The van der Waals surface area contributed by atoms with Crippen molar-refractivity contribution in [1.29, 1.82) is 0 Å². The van der Waals surface area contributed by atoms with Crippen LogP contribution in [0, 0.1) is 30.1 Å². The Morgan fingerprint density at radius 1 is 1.50 bits per heavy atom. The molecule has 0 heterocycles. The average Bonchev–Trinajstić information content (AvgIpc) is 3.01. The number of aryl methyl sites for hydroxylation is 1. The maximum atomic E-state index is 12.2. The lowest BCUT2D eigenvalue weighted by Gasteiger charge is -2.09. The quantitative estimate of drug-likeness (QED) is 0.827. The molecule has 1 saturated carbocycles. The van der Waals surface area contributed by atoms with Crippen molar-refractivity contribution in [2.24, 2.45) is 11.3 Å². The zero-order valence-electron chi connectivity index (χ0n) is 12.3. The number of amides is 1. The Balaban J connectivity index is 2.09. The van der Waals surface area contributed by atoms with E-state index in [2.05, 4.69) is 31.0 Å². The van der Waals surface area contributed by atoms with Gasteiger partial charge in [-0.15, -0.1) is 0 Å². The second-order valence-electron chi connectivity index (χ2n) is 6.11. The highest BCUT2D eigenvalue weighted by atomic mass is 16.2. The van der Waals surface area contributed by atoms with Crippen molar-refractivity contribution in [2.75, 3.05) is 13.2 Å². The van der Waals surface area contributed by atoms with Crippen LogP contribution in [0.5, 0.6) is 0 Å². The molecule has 1 aromatic carbocycles. The van der Waals surface area contributed by atoms with Crippen molar-refractivity contribution in [3.8, 4) is 11.8 Å². The Hall–Kier alpha value is -1.79. The van der Waals surface area contributed by atoms with Crippen molar-refractivity contribution in [3.05, 3.63) is 34.9 Å². The molecule has 0 bridgehead atoms. The lowest BCUT2D eigenvalue weighted by Crippen LogP contribution is -2.27. The molecule has 106 valence electrons. The van der Waals surface area contributed by atoms with E-state index in [1.165, 1.54) is 6.42 Å². The van der Waals surface area contributed by atoms with Gasteiger partial charge in [0.2, 0.25) is 0 Å². The van der Waals surface area contributed by atoms with Crippen LogP contribution in [0.25, 0.3) is 0 Å². The van der Waals surface area contributed by atoms with Crippen molar-refractivity contribution >= 4 is 5.91 Å². The molecule has 1 aromatic rings. The highest BCUT2D eigenvalue weighted by Gasteiger charge is 2.45. The smallest absolute Gasteiger partial charge is 0.252 e. The van der Waals surface area contributed by atoms with Gasteiger partial charge in [0.05, 0.1) is 5.56 Å². The van der Waals surface area contributed by atoms with Gasteiger partial charge < -0.3 is 10.4 Å². The van der Waals surface area contributed by atoms with E-state index >= 15 is 0 Å². The first kappa shape index (κ1) is 14.6. The first-order chi connectivity index (χ1) is 9.44. The van der Waals surface area contributed by atoms with Crippen LogP contribution in [-0.2, 0) is 0 Å². The Morgan fingerprint density at radius 3 is 2.80 bits per heavy atom. The van der Waals surface area contributed by atoms with Crippen LogP contribution in [0.15, 0.2) is 18.2 Å². The summed E-state index contributed by atoms with van der Waals surface area (Å²) in [4.78, 5) is 12.2. The minimum atomic E-state index is -0.203. The normalized spacial score (nSPS) is 18.9. The van der Waals surface area contributed by atoms with Crippen molar-refractivity contribution in [1.82, 2.24) is 5.32 Å². The number of aliphatic hydroxyl groups is 1. The van der Waals surface area contributed by atoms with Crippen molar-refractivity contribution < 1.29 is 9.90 Å². The summed E-state index contributed by atoms with van der Waals surface area (Å²) in [5, 5.41) is 11.8. The molecule has 1 aliphatic rings. The number of carbonyl (C=O) groups is 1. The van der Waals surface area contributed by atoms with Gasteiger partial charge >= 0.3 is 0 Å². The van der Waals surface area contributed by atoms with Gasteiger partial charge in [-0.3, -0.25) is 4.79 Å². The summed E-state index contributed by atoms with van der Waals surface area (Å²) in [7, 11) is 0. The molecular weight excluding hydrogens is 250 g/mol.